The van der Waals surface area contributed by atoms with Gasteiger partial charge in [0.2, 0.25) is 6.79 Å². The van der Waals surface area contributed by atoms with E-state index in [1.807, 2.05) is 0 Å². The average Bonchev–Trinajstić information content (AvgIpc) is 3.03. The van der Waals surface area contributed by atoms with E-state index in [9.17, 15) is 9.59 Å². The smallest absolute Gasteiger partial charge is 0.426 e. The molecule has 0 saturated carbocycles. The van der Waals surface area contributed by atoms with E-state index in [1.54, 1.807) is 24.3 Å². The molecule has 3 rings (SSSR count). The highest BCUT2D eigenvalue weighted by Crippen LogP contribution is 2.32. The summed E-state index contributed by atoms with van der Waals surface area (Å²) in [5, 5.41) is 0. The molecule has 1 aliphatic rings. The second-order valence-corrected chi connectivity index (χ2v) is 3.82. The lowest BCUT2D eigenvalue weighted by atomic mass is 10.2. The zero-order valence-electron chi connectivity index (χ0n) is 9.74. The van der Waals surface area contributed by atoms with Gasteiger partial charge >= 0.3 is 5.76 Å². The average molecular weight is 259 g/mol. The molecule has 0 amide bonds. The van der Waals surface area contributed by atoms with Gasteiger partial charge in [0.25, 0.3) is 5.91 Å². The van der Waals surface area contributed by atoms with E-state index < -0.39 is 11.7 Å². The van der Waals surface area contributed by atoms with Gasteiger partial charge in [0, 0.05) is 6.08 Å². The maximum absolute atomic E-state index is 11.7. The van der Waals surface area contributed by atoms with Crippen LogP contribution in [-0.4, -0.2) is 17.3 Å². The molecule has 0 N–H and O–H groups in total. The summed E-state index contributed by atoms with van der Waals surface area (Å²) < 4.78 is 15.8. The van der Waals surface area contributed by atoms with E-state index in [4.69, 9.17) is 9.47 Å². The number of benzene rings is 1. The first-order chi connectivity index (χ1) is 9.24. The molecule has 1 aliphatic heterocycles. The summed E-state index contributed by atoms with van der Waals surface area (Å²) in [6.07, 6.45) is 5.31. The standard InChI is InChI=1S/C13H9NO5/c15-12(14-5-6-17-13(14)16)4-2-9-1-3-10-11(7-9)19-8-18-10/h1-7H,8H2/b4-2+. The van der Waals surface area contributed by atoms with Crippen molar-refractivity contribution in [3.05, 3.63) is 52.8 Å². The molecule has 2 aromatic rings. The van der Waals surface area contributed by atoms with Crippen molar-refractivity contribution in [3.8, 4) is 11.5 Å². The Kier molecular flexibility index (Phi) is 2.68. The summed E-state index contributed by atoms with van der Waals surface area (Å²) >= 11 is 0. The zero-order valence-corrected chi connectivity index (χ0v) is 9.74. The van der Waals surface area contributed by atoms with E-state index in [2.05, 4.69) is 4.42 Å². The summed E-state index contributed by atoms with van der Waals surface area (Å²) in [5.41, 5.74) is 0.772. The Balaban J connectivity index is 1.82. The van der Waals surface area contributed by atoms with Crippen molar-refractivity contribution in [1.29, 1.82) is 0 Å². The van der Waals surface area contributed by atoms with Crippen LogP contribution in [0.15, 0.2) is 45.9 Å². The lowest BCUT2D eigenvalue weighted by molar-refractivity contribution is 0.0962. The highest BCUT2D eigenvalue weighted by atomic mass is 16.7. The van der Waals surface area contributed by atoms with Crippen LogP contribution in [0, 0.1) is 0 Å². The highest BCUT2D eigenvalue weighted by Gasteiger charge is 2.12. The van der Waals surface area contributed by atoms with Crippen molar-refractivity contribution in [3.63, 3.8) is 0 Å². The summed E-state index contributed by atoms with van der Waals surface area (Å²) in [4.78, 5) is 22.8. The molecule has 0 bridgehead atoms. The van der Waals surface area contributed by atoms with Gasteiger partial charge in [-0.05, 0) is 23.8 Å². The molecule has 96 valence electrons. The molecule has 0 unspecified atom stereocenters. The van der Waals surface area contributed by atoms with Gasteiger partial charge in [0.1, 0.15) is 6.26 Å². The van der Waals surface area contributed by atoms with Crippen molar-refractivity contribution in [1.82, 2.24) is 4.57 Å². The largest absolute Gasteiger partial charge is 0.454 e. The Morgan fingerprint density at radius 1 is 1.26 bits per heavy atom. The van der Waals surface area contributed by atoms with Gasteiger partial charge < -0.3 is 13.9 Å². The van der Waals surface area contributed by atoms with Crippen molar-refractivity contribution in [2.24, 2.45) is 0 Å². The van der Waals surface area contributed by atoms with Crippen LogP contribution in [0.4, 0.5) is 0 Å². The molecule has 6 nitrogen and oxygen atoms in total. The summed E-state index contributed by atoms with van der Waals surface area (Å²) in [5.74, 6) is 0.126. The van der Waals surface area contributed by atoms with Gasteiger partial charge in [0.05, 0.1) is 6.20 Å². The first-order valence-corrected chi connectivity index (χ1v) is 5.52. The fraction of sp³-hybridized carbons (Fsp3) is 0.0769. The lowest BCUT2D eigenvalue weighted by Gasteiger charge is -1.97. The minimum Gasteiger partial charge on any atom is -0.454 e. The van der Waals surface area contributed by atoms with Crippen LogP contribution in [0.2, 0.25) is 0 Å². The van der Waals surface area contributed by atoms with Gasteiger partial charge in [-0.1, -0.05) is 6.07 Å². The zero-order chi connectivity index (χ0) is 13.2. The van der Waals surface area contributed by atoms with Gasteiger partial charge in [-0.25, -0.2) is 9.36 Å². The van der Waals surface area contributed by atoms with E-state index in [1.165, 1.54) is 12.3 Å². The molecule has 6 heteroatoms. The van der Waals surface area contributed by atoms with Crippen LogP contribution >= 0.6 is 0 Å². The predicted octanol–water partition coefficient (Wildman–Crippen LogP) is 1.52. The summed E-state index contributed by atoms with van der Waals surface area (Å²) in [7, 11) is 0. The Labute approximate surface area is 107 Å². The molecule has 1 aromatic carbocycles. The minimum absolute atomic E-state index is 0.200. The van der Waals surface area contributed by atoms with Crippen molar-refractivity contribution in [2.75, 3.05) is 6.79 Å². The number of hydrogen-bond donors (Lipinski definition) is 0. The third kappa shape index (κ3) is 2.15. The molecule has 19 heavy (non-hydrogen) atoms. The van der Waals surface area contributed by atoms with Gasteiger partial charge in [-0.2, -0.15) is 0 Å². The second-order valence-electron chi connectivity index (χ2n) is 3.82. The summed E-state index contributed by atoms with van der Waals surface area (Å²) in [6, 6.07) is 5.30. The number of allylic oxidation sites excluding steroid dienone is 1. The first-order valence-electron chi connectivity index (χ1n) is 5.52. The Bertz CT molecular complexity index is 710. The minimum atomic E-state index is -0.708. The normalized spacial score (nSPS) is 13.1. The predicted molar refractivity (Wildman–Crippen MR) is 65.2 cm³/mol. The molecule has 0 aliphatic carbocycles. The summed E-state index contributed by atoms with van der Waals surface area (Å²) in [6.45, 7) is 0.200. The fourth-order valence-electron chi connectivity index (χ4n) is 1.70. The van der Waals surface area contributed by atoms with Gasteiger partial charge in [-0.15, -0.1) is 0 Å². The SMILES string of the molecule is O=C(/C=C/c1ccc2c(c1)OCO2)n1ccoc1=O. The number of carbonyl (C=O) groups is 1. The Hall–Kier alpha value is -2.76. The molecule has 0 radical (unpaired) electrons. The molecular weight excluding hydrogens is 250 g/mol. The number of rotatable bonds is 2. The maximum atomic E-state index is 11.7. The number of oxazole rings is 1. The van der Waals surface area contributed by atoms with Crippen molar-refractivity contribution >= 4 is 12.0 Å². The van der Waals surface area contributed by atoms with Crippen LogP contribution < -0.4 is 15.2 Å². The van der Waals surface area contributed by atoms with Crippen LogP contribution in [-0.2, 0) is 0 Å². The van der Waals surface area contributed by atoms with Crippen molar-refractivity contribution < 1.29 is 18.7 Å². The van der Waals surface area contributed by atoms with E-state index >= 15 is 0 Å². The quantitative estimate of drug-likeness (QED) is 0.765. The number of carbonyl (C=O) groups excluding carboxylic acids is 1. The van der Waals surface area contributed by atoms with Crippen LogP contribution in [0.25, 0.3) is 6.08 Å². The maximum Gasteiger partial charge on any atom is 0.426 e. The molecule has 0 spiro atoms. The number of fused-ring (bicyclic) bond motifs is 1. The van der Waals surface area contributed by atoms with Crippen LogP contribution in [0.3, 0.4) is 0 Å². The topological polar surface area (TPSA) is 70.7 Å². The Morgan fingerprint density at radius 2 is 2.11 bits per heavy atom. The van der Waals surface area contributed by atoms with Gasteiger partial charge in [-0.3, -0.25) is 4.79 Å². The van der Waals surface area contributed by atoms with E-state index in [-0.39, 0.29) is 6.79 Å². The molecule has 0 fully saturated rings. The Morgan fingerprint density at radius 3 is 2.89 bits per heavy atom. The highest BCUT2D eigenvalue weighted by molar-refractivity contribution is 5.93. The van der Waals surface area contributed by atoms with Gasteiger partial charge in [0.15, 0.2) is 11.5 Å². The van der Waals surface area contributed by atoms with Crippen LogP contribution in [0.1, 0.15) is 10.4 Å². The van der Waals surface area contributed by atoms with Crippen LogP contribution in [0.5, 0.6) is 11.5 Å². The molecule has 1 aromatic heterocycles. The monoisotopic (exact) mass is 259 g/mol. The van der Waals surface area contributed by atoms with E-state index in [0.717, 1.165) is 16.4 Å². The van der Waals surface area contributed by atoms with Crippen molar-refractivity contribution in [2.45, 2.75) is 0 Å². The lowest BCUT2D eigenvalue weighted by Crippen LogP contribution is -2.19. The van der Waals surface area contributed by atoms with E-state index in [0.29, 0.717) is 11.5 Å². The molecular formula is C13H9NO5. The third-order valence-electron chi connectivity index (χ3n) is 2.63. The third-order valence-corrected chi connectivity index (χ3v) is 2.63. The number of nitrogens with zero attached hydrogens (tertiary/aromatic N) is 1. The second kappa shape index (κ2) is 4.49. The number of ether oxygens (including phenoxy) is 2. The molecule has 0 saturated heterocycles. The number of aromatic nitrogens is 1. The first kappa shape index (κ1) is 11.3. The number of hydrogen-bond acceptors (Lipinski definition) is 5. The fourth-order valence-corrected chi connectivity index (χ4v) is 1.70. The molecule has 2 heterocycles. The molecule has 0 atom stereocenters.